The maximum Gasteiger partial charge on any atom is 0.246 e. The van der Waals surface area contributed by atoms with Gasteiger partial charge < -0.3 is 14.5 Å². The summed E-state index contributed by atoms with van der Waals surface area (Å²) in [6.45, 7) is 5.29. The van der Waals surface area contributed by atoms with Crippen molar-refractivity contribution in [1.82, 2.24) is 4.90 Å². The van der Waals surface area contributed by atoms with E-state index < -0.39 is 0 Å². The van der Waals surface area contributed by atoms with Crippen LogP contribution in [0.3, 0.4) is 0 Å². The van der Waals surface area contributed by atoms with Crippen LogP contribution in [0.1, 0.15) is 38.5 Å². The van der Waals surface area contributed by atoms with E-state index in [-0.39, 0.29) is 17.2 Å². The molecule has 7 rings (SSSR count). The molecule has 6 heteroatoms. The number of nitrogens with zero attached hydrogens (tertiary/aromatic N) is 3. The number of carbonyl (C=O) groups excluding carboxylic acids is 2. The number of para-hydroxylation sites is 2. The first kappa shape index (κ1) is 20.7. The number of rotatable bonds is 5. The van der Waals surface area contributed by atoms with Gasteiger partial charge in [-0.2, -0.15) is 0 Å². The van der Waals surface area contributed by atoms with E-state index >= 15 is 0 Å². The molecule has 2 aliphatic heterocycles. The summed E-state index contributed by atoms with van der Waals surface area (Å²) in [6, 6.07) is 7.94. The van der Waals surface area contributed by atoms with Gasteiger partial charge in [-0.1, -0.05) is 12.1 Å². The van der Waals surface area contributed by atoms with E-state index in [1.165, 1.54) is 38.5 Å². The fourth-order valence-corrected chi connectivity index (χ4v) is 7.63. The number of carbonyl (C=O) groups is 2. The Morgan fingerprint density at radius 2 is 1.41 bits per heavy atom. The summed E-state index contributed by atoms with van der Waals surface area (Å²) in [4.78, 5) is 32.4. The van der Waals surface area contributed by atoms with Gasteiger partial charge in [-0.25, -0.2) is 0 Å². The molecule has 1 aromatic rings. The summed E-state index contributed by atoms with van der Waals surface area (Å²) in [5.74, 6) is 1.91. The molecule has 2 heterocycles. The average molecular weight is 436 g/mol. The van der Waals surface area contributed by atoms with Gasteiger partial charge in [0.15, 0.2) is 6.42 Å². The number of hydrogen-bond donors (Lipinski definition) is 0. The first-order valence-electron chi connectivity index (χ1n) is 12.4. The number of fused-ring (bicyclic) bond motifs is 1. The molecular weight excluding hydrogens is 402 g/mol. The minimum Gasteiger partial charge on any atom is -0.379 e. The maximum atomic E-state index is 13.3. The van der Waals surface area contributed by atoms with Gasteiger partial charge in [-0.15, -0.1) is 0 Å². The van der Waals surface area contributed by atoms with Crippen molar-refractivity contribution in [2.45, 2.75) is 38.5 Å². The van der Waals surface area contributed by atoms with Gasteiger partial charge in [0.1, 0.15) is 0 Å². The molecule has 0 spiro atoms. The minimum atomic E-state index is -0.316. The van der Waals surface area contributed by atoms with Crippen molar-refractivity contribution < 1.29 is 14.3 Å². The molecule has 170 valence electrons. The zero-order chi connectivity index (χ0) is 21.7. The third kappa shape index (κ3) is 3.75. The molecule has 4 saturated carbocycles. The van der Waals surface area contributed by atoms with E-state index in [4.69, 9.17) is 4.74 Å². The van der Waals surface area contributed by atoms with Crippen molar-refractivity contribution in [2.24, 2.45) is 23.2 Å². The molecular formula is C26H33N3O3. The molecule has 6 aliphatic rings. The first-order valence-corrected chi connectivity index (χ1v) is 12.4. The highest BCUT2D eigenvalue weighted by Gasteiger charge is 2.52. The van der Waals surface area contributed by atoms with Crippen molar-refractivity contribution in [3.05, 3.63) is 30.7 Å². The lowest BCUT2D eigenvalue weighted by Gasteiger charge is -2.57. The largest absolute Gasteiger partial charge is 0.379 e. The highest BCUT2D eigenvalue weighted by Crippen LogP contribution is 2.60. The molecule has 6 nitrogen and oxygen atoms in total. The Balaban J connectivity index is 1.27. The van der Waals surface area contributed by atoms with Gasteiger partial charge in [0.2, 0.25) is 11.8 Å². The SMILES string of the molecule is O=C1[C]C(=O)N(CC23CC4CC(CC(C4)C2)C3)c2ccccc2N1CCN1CCOCC1. The second-order valence-electron chi connectivity index (χ2n) is 10.8. The number of anilines is 2. The smallest absolute Gasteiger partial charge is 0.246 e. The molecule has 1 saturated heterocycles. The summed E-state index contributed by atoms with van der Waals surface area (Å²) < 4.78 is 5.45. The summed E-state index contributed by atoms with van der Waals surface area (Å²) in [5.41, 5.74) is 1.92. The monoisotopic (exact) mass is 435 g/mol. The molecule has 2 radical (unpaired) electrons. The topological polar surface area (TPSA) is 53.1 Å². The van der Waals surface area contributed by atoms with E-state index in [2.05, 4.69) is 11.3 Å². The normalized spacial score (nSPS) is 34.7. The van der Waals surface area contributed by atoms with E-state index in [9.17, 15) is 9.59 Å². The van der Waals surface area contributed by atoms with Gasteiger partial charge >= 0.3 is 0 Å². The third-order valence-electron chi connectivity index (χ3n) is 8.57. The summed E-state index contributed by atoms with van der Waals surface area (Å²) in [7, 11) is 0. The van der Waals surface area contributed by atoms with Crippen LogP contribution >= 0.6 is 0 Å². The fourth-order valence-electron chi connectivity index (χ4n) is 7.63. The van der Waals surface area contributed by atoms with Crippen LogP contribution in [0.5, 0.6) is 0 Å². The predicted molar refractivity (Wildman–Crippen MR) is 122 cm³/mol. The van der Waals surface area contributed by atoms with Crippen molar-refractivity contribution >= 4 is 23.2 Å². The Labute approximate surface area is 190 Å². The molecule has 0 aromatic heterocycles. The number of hydrogen-bond acceptors (Lipinski definition) is 4. The quantitative estimate of drug-likeness (QED) is 0.714. The molecule has 0 unspecified atom stereocenters. The summed E-state index contributed by atoms with van der Waals surface area (Å²) in [6.07, 6.45) is 10.6. The molecule has 0 N–H and O–H groups in total. The van der Waals surface area contributed by atoms with Crippen LogP contribution in [0.15, 0.2) is 24.3 Å². The van der Waals surface area contributed by atoms with Gasteiger partial charge in [0.05, 0.1) is 24.6 Å². The van der Waals surface area contributed by atoms with Crippen molar-refractivity contribution in [2.75, 3.05) is 55.7 Å². The highest BCUT2D eigenvalue weighted by atomic mass is 16.5. The van der Waals surface area contributed by atoms with Crippen LogP contribution in [0, 0.1) is 29.6 Å². The van der Waals surface area contributed by atoms with Crippen LogP contribution < -0.4 is 9.80 Å². The molecule has 0 atom stereocenters. The lowest BCUT2D eigenvalue weighted by Crippen LogP contribution is -2.52. The van der Waals surface area contributed by atoms with Crippen LogP contribution in [-0.2, 0) is 14.3 Å². The number of ether oxygens (including phenoxy) is 1. The van der Waals surface area contributed by atoms with Gasteiger partial charge in [0.25, 0.3) is 0 Å². The van der Waals surface area contributed by atoms with E-state index in [0.717, 1.165) is 68.5 Å². The Morgan fingerprint density at radius 3 is 2.03 bits per heavy atom. The first-order chi connectivity index (χ1) is 15.6. The predicted octanol–water partition coefficient (Wildman–Crippen LogP) is 3.00. The van der Waals surface area contributed by atoms with Crippen molar-refractivity contribution in [3.8, 4) is 0 Å². The van der Waals surface area contributed by atoms with E-state index in [1.54, 1.807) is 4.90 Å². The Kier molecular flexibility index (Phi) is 5.26. The molecule has 32 heavy (non-hydrogen) atoms. The van der Waals surface area contributed by atoms with E-state index in [0.29, 0.717) is 6.54 Å². The van der Waals surface area contributed by atoms with E-state index in [1.807, 2.05) is 29.2 Å². The Morgan fingerprint density at radius 1 is 0.844 bits per heavy atom. The number of benzene rings is 1. The Hall–Kier alpha value is -1.92. The Bertz CT molecular complexity index is 859. The molecule has 4 aliphatic carbocycles. The third-order valence-corrected chi connectivity index (χ3v) is 8.57. The van der Waals surface area contributed by atoms with Crippen LogP contribution in [0.4, 0.5) is 11.4 Å². The average Bonchev–Trinajstić information content (AvgIpc) is 2.86. The molecule has 5 fully saturated rings. The van der Waals surface area contributed by atoms with Gasteiger partial charge in [-0.05, 0) is 73.8 Å². The zero-order valence-electron chi connectivity index (χ0n) is 18.8. The van der Waals surface area contributed by atoms with Gasteiger partial charge in [0, 0.05) is 32.7 Å². The van der Waals surface area contributed by atoms with Crippen LogP contribution in [0.2, 0.25) is 0 Å². The second-order valence-corrected chi connectivity index (χ2v) is 10.8. The van der Waals surface area contributed by atoms with Gasteiger partial charge in [-0.3, -0.25) is 14.5 Å². The fraction of sp³-hybridized carbons (Fsp3) is 0.654. The van der Waals surface area contributed by atoms with Crippen molar-refractivity contribution in [3.63, 3.8) is 0 Å². The second kappa shape index (κ2) is 8.14. The lowest BCUT2D eigenvalue weighted by molar-refractivity contribution is -0.122. The molecule has 4 bridgehead atoms. The van der Waals surface area contributed by atoms with Crippen LogP contribution in [0.25, 0.3) is 0 Å². The number of amides is 2. The molecule has 2 amide bonds. The number of morpholine rings is 1. The highest BCUT2D eigenvalue weighted by molar-refractivity contribution is 6.23. The van der Waals surface area contributed by atoms with Crippen molar-refractivity contribution in [1.29, 1.82) is 0 Å². The summed E-state index contributed by atoms with van der Waals surface area (Å²) in [5, 5.41) is 0. The summed E-state index contributed by atoms with van der Waals surface area (Å²) >= 11 is 0. The van der Waals surface area contributed by atoms with Crippen LogP contribution in [-0.4, -0.2) is 62.7 Å². The zero-order valence-corrected chi connectivity index (χ0v) is 18.8. The maximum absolute atomic E-state index is 13.3. The lowest BCUT2D eigenvalue weighted by atomic mass is 9.49. The minimum absolute atomic E-state index is 0.214. The standard InChI is InChI=1S/C26H33N3O3/c30-24-14-25(31)29(18-26-15-19-11-20(16-26)13-21(12-19)17-26)23-4-2-1-3-22(23)28(24)6-5-27-7-9-32-10-8-27/h1-4,19-21H,5-13,15-18H2. The molecule has 1 aromatic carbocycles.